The van der Waals surface area contributed by atoms with Crippen molar-refractivity contribution in [2.24, 2.45) is 0 Å². The van der Waals surface area contributed by atoms with E-state index in [2.05, 4.69) is 5.32 Å². The van der Waals surface area contributed by atoms with Crippen molar-refractivity contribution >= 4 is 35.0 Å². The van der Waals surface area contributed by atoms with E-state index in [0.29, 0.717) is 48.0 Å². The van der Waals surface area contributed by atoms with Crippen LogP contribution in [0.4, 0.5) is 10.1 Å². The molecule has 1 saturated heterocycles. The van der Waals surface area contributed by atoms with Gasteiger partial charge in [-0.05, 0) is 36.8 Å². The van der Waals surface area contributed by atoms with E-state index in [4.69, 9.17) is 11.6 Å². The third-order valence-electron chi connectivity index (χ3n) is 5.39. The molecule has 0 saturated carbocycles. The van der Waals surface area contributed by atoms with Crippen LogP contribution in [0.2, 0.25) is 5.02 Å². The molecule has 3 rings (SSSR count). The average molecular weight is 461 g/mol. The third kappa shape index (κ3) is 6.05. The van der Waals surface area contributed by atoms with Crippen molar-refractivity contribution in [1.29, 1.82) is 0 Å². The van der Waals surface area contributed by atoms with Crippen molar-refractivity contribution in [3.8, 4) is 0 Å². The molecule has 32 heavy (non-hydrogen) atoms. The van der Waals surface area contributed by atoms with Gasteiger partial charge in [-0.1, -0.05) is 29.8 Å². The number of halogens is 2. The van der Waals surface area contributed by atoms with Crippen LogP contribution in [0.3, 0.4) is 0 Å². The standard InChI is InChI=1S/C23H26ClFN4O3/c1-16-7-8-17(13-19(16)25)23(32)29-11-9-28(10-12-29)15-22(31)27(2)14-21(30)26-20-6-4-3-5-18(20)24/h3-8,13H,9-12,14-15H2,1-2H3,(H,26,30). The normalized spacial score (nSPS) is 14.2. The molecule has 1 aliphatic rings. The quantitative estimate of drug-likeness (QED) is 0.719. The zero-order chi connectivity index (χ0) is 23.3. The second kappa shape index (κ2) is 10.6. The Hall–Kier alpha value is -2.97. The first-order valence-corrected chi connectivity index (χ1v) is 10.7. The van der Waals surface area contributed by atoms with E-state index in [0.717, 1.165) is 0 Å². The Bertz CT molecular complexity index is 1010. The summed E-state index contributed by atoms with van der Waals surface area (Å²) in [6, 6.07) is 11.4. The van der Waals surface area contributed by atoms with Gasteiger partial charge in [0, 0.05) is 38.8 Å². The molecule has 0 aromatic heterocycles. The van der Waals surface area contributed by atoms with Gasteiger partial charge in [0.05, 0.1) is 23.8 Å². The summed E-state index contributed by atoms with van der Waals surface area (Å²) >= 11 is 6.04. The number of para-hydroxylation sites is 1. The zero-order valence-corrected chi connectivity index (χ0v) is 18.9. The Morgan fingerprint density at radius 3 is 2.44 bits per heavy atom. The fourth-order valence-corrected chi connectivity index (χ4v) is 3.57. The smallest absolute Gasteiger partial charge is 0.254 e. The molecular formula is C23H26ClFN4O3. The Morgan fingerprint density at radius 1 is 1.09 bits per heavy atom. The second-order valence-corrected chi connectivity index (χ2v) is 8.22. The van der Waals surface area contributed by atoms with Crippen molar-refractivity contribution < 1.29 is 18.8 Å². The first-order valence-electron chi connectivity index (χ1n) is 10.3. The Kier molecular flexibility index (Phi) is 7.82. The highest BCUT2D eigenvalue weighted by atomic mass is 35.5. The average Bonchev–Trinajstić information content (AvgIpc) is 2.77. The SMILES string of the molecule is Cc1ccc(C(=O)N2CCN(CC(=O)N(C)CC(=O)Nc3ccccc3Cl)CC2)cc1F. The first kappa shape index (κ1) is 23.7. The molecular weight excluding hydrogens is 435 g/mol. The van der Waals surface area contributed by atoms with Crippen LogP contribution in [0.5, 0.6) is 0 Å². The van der Waals surface area contributed by atoms with E-state index in [1.807, 2.05) is 4.90 Å². The van der Waals surface area contributed by atoms with Gasteiger partial charge in [0.25, 0.3) is 5.91 Å². The van der Waals surface area contributed by atoms with Gasteiger partial charge in [-0.15, -0.1) is 0 Å². The Labute approximate surface area is 191 Å². The van der Waals surface area contributed by atoms with Crippen LogP contribution in [0.25, 0.3) is 0 Å². The van der Waals surface area contributed by atoms with Crippen LogP contribution in [-0.4, -0.2) is 78.7 Å². The minimum atomic E-state index is -0.401. The number of piperazine rings is 1. The summed E-state index contributed by atoms with van der Waals surface area (Å²) < 4.78 is 13.8. The van der Waals surface area contributed by atoms with Crippen molar-refractivity contribution in [2.45, 2.75) is 6.92 Å². The lowest BCUT2D eigenvalue weighted by atomic mass is 10.1. The molecule has 2 aromatic carbocycles. The molecule has 0 spiro atoms. The Morgan fingerprint density at radius 2 is 1.78 bits per heavy atom. The summed E-state index contributed by atoms with van der Waals surface area (Å²) in [5, 5.41) is 3.12. The summed E-state index contributed by atoms with van der Waals surface area (Å²) in [6.45, 7) is 3.63. The fourth-order valence-electron chi connectivity index (χ4n) is 3.39. The molecule has 9 heteroatoms. The third-order valence-corrected chi connectivity index (χ3v) is 5.72. The van der Waals surface area contributed by atoms with Gasteiger partial charge in [-0.25, -0.2) is 4.39 Å². The number of hydrogen-bond donors (Lipinski definition) is 1. The number of likely N-dealkylation sites (N-methyl/N-ethyl adjacent to an activating group) is 1. The van der Waals surface area contributed by atoms with Crippen molar-refractivity contribution in [1.82, 2.24) is 14.7 Å². The summed E-state index contributed by atoms with van der Waals surface area (Å²) in [5.41, 5.74) is 1.31. The molecule has 0 aliphatic carbocycles. The molecule has 0 atom stereocenters. The molecule has 1 heterocycles. The largest absolute Gasteiger partial charge is 0.336 e. The maximum absolute atomic E-state index is 13.8. The van der Waals surface area contributed by atoms with Crippen molar-refractivity contribution in [2.75, 3.05) is 51.6 Å². The summed E-state index contributed by atoms with van der Waals surface area (Å²) in [5.74, 6) is -1.15. The maximum atomic E-state index is 13.8. The number of carbonyl (C=O) groups excluding carboxylic acids is 3. The maximum Gasteiger partial charge on any atom is 0.254 e. The lowest BCUT2D eigenvalue weighted by Crippen LogP contribution is -2.51. The lowest BCUT2D eigenvalue weighted by Gasteiger charge is -2.35. The van der Waals surface area contributed by atoms with Gasteiger partial charge in [-0.3, -0.25) is 19.3 Å². The number of nitrogens with one attached hydrogen (secondary N) is 1. The number of nitrogens with zero attached hydrogens (tertiary/aromatic N) is 3. The Balaban J connectivity index is 1.45. The second-order valence-electron chi connectivity index (χ2n) is 7.81. The van der Waals surface area contributed by atoms with E-state index >= 15 is 0 Å². The zero-order valence-electron chi connectivity index (χ0n) is 18.1. The number of hydrogen-bond acceptors (Lipinski definition) is 4. The summed E-state index contributed by atoms with van der Waals surface area (Å²) in [6.07, 6.45) is 0. The fraction of sp³-hybridized carbons (Fsp3) is 0.348. The molecule has 1 aliphatic heterocycles. The van der Waals surface area contributed by atoms with Crippen LogP contribution in [0.1, 0.15) is 15.9 Å². The predicted molar refractivity (Wildman–Crippen MR) is 121 cm³/mol. The number of benzene rings is 2. The van der Waals surface area contributed by atoms with Crippen molar-refractivity contribution in [3.05, 3.63) is 64.4 Å². The first-order chi connectivity index (χ1) is 15.2. The molecule has 3 amide bonds. The van der Waals surface area contributed by atoms with Crippen LogP contribution in [0, 0.1) is 12.7 Å². The highest BCUT2D eigenvalue weighted by Gasteiger charge is 2.25. The molecule has 1 fully saturated rings. The lowest BCUT2D eigenvalue weighted by molar-refractivity contribution is -0.134. The van der Waals surface area contributed by atoms with E-state index < -0.39 is 5.82 Å². The van der Waals surface area contributed by atoms with Gasteiger partial charge in [0.15, 0.2) is 0 Å². The van der Waals surface area contributed by atoms with Crippen LogP contribution in [0.15, 0.2) is 42.5 Å². The van der Waals surface area contributed by atoms with E-state index in [1.165, 1.54) is 11.0 Å². The minimum absolute atomic E-state index is 0.0957. The molecule has 0 bridgehead atoms. The highest BCUT2D eigenvalue weighted by Crippen LogP contribution is 2.20. The van der Waals surface area contributed by atoms with Crippen LogP contribution >= 0.6 is 11.6 Å². The van der Waals surface area contributed by atoms with Crippen LogP contribution < -0.4 is 5.32 Å². The molecule has 170 valence electrons. The molecule has 0 radical (unpaired) electrons. The van der Waals surface area contributed by atoms with E-state index in [9.17, 15) is 18.8 Å². The van der Waals surface area contributed by atoms with Crippen LogP contribution in [-0.2, 0) is 9.59 Å². The molecule has 7 nitrogen and oxygen atoms in total. The van der Waals surface area contributed by atoms with Gasteiger partial charge < -0.3 is 15.1 Å². The molecule has 1 N–H and O–H groups in total. The summed E-state index contributed by atoms with van der Waals surface area (Å²) in [7, 11) is 1.57. The minimum Gasteiger partial charge on any atom is -0.336 e. The number of carbonyl (C=O) groups is 3. The number of rotatable bonds is 6. The molecule has 2 aromatic rings. The molecule has 0 unspecified atom stereocenters. The number of anilines is 1. The van der Waals surface area contributed by atoms with Gasteiger partial charge in [0.2, 0.25) is 11.8 Å². The summed E-state index contributed by atoms with van der Waals surface area (Å²) in [4.78, 5) is 42.3. The van der Waals surface area contributed by atoms with Gasteiger partial charge in [-0.2, -0.15) is 0 Å². The van der Waals surface area contributed by atoms with E-state index in [-0.39, 0.29) is 30.8 Å². The van der Waals surface area contributed by atoms with Gasteiger partial charge in [0.1, 0.15) is 5.82 Å². The monoisotopic (exact) mass is 460 g/mol. The van der Waals surface area contributed by atoms with E-state index in [1.54, 1.807) is 55.3 Å². The van der Waals surface area contributed by atoms with Gasteiger partial charge >= 0.3 is 0 Å². The predicted octanol–water partition coefficient (Wildman–Crippen LogP) is 2.64. The van der Waals surface area contributed by atoms with Crippen molar-refractivity contribution in [3.63, 3.8) is 0 Å². The highest BCUT2D eigenvalue weighted by molar-refractivity contribution is 6.33. The number of amides is 3. The topological polar surface area (TPSA) is 73.0 Å². The number of aryl methyl sites for hydroxylation is 1.